The average Bonchev–Trinajstić information content (AvgIpc) is 2.14. The minimum absolute atomic E-state index is 0.0723. The van der Waals surface area contributed by atoms with E-state index in [0.29, 0.717) is 0 Å². The average molecular weight is 293 g/mol. The van der Waals surface area contributed by atoms with Crippen LogP contribution < -0.4 is 0 Å². The molecule has 2 atom stereocenters. The van der Waals surface area contributed by atoms with Gasteiger partial charge in [-0.15, -0.1) is 23.2 Å². The number of rotatable bonds is 0. The van der Waals surface area contributed by atoms with Crippen molar-refractivity contribution in [3.8, 4) is 0 Å². The van der Waals surface area contributed by atoms with Crippen molar-refractivity contribution in [1.82, 2.24) is 0 Å². The molecule has 2 heteroatoms. The highest BCUT2D eigenvalue weighted by atomic mass is 35.5. The first-order valence-corrected chi connectivity index (χ1v) is 7.63. The molecule has 1 saturated carbocycles. The van der Waals surface area contributed by atoms with Crippen LogP contribution in [0.2, 0.25) is 0 Å². The molecule has 0 radical (unpaired) electrons. The molecule has 1 aliphatic rings. The Bertz CT molecular complexity index is 240. The van der Waals surface area contributed by atoms with E-state index in [1.807, 2.05) is 0 Å². The Morgan fingerprint density at radius 3 is 0.722 bits per heavy atom. The molecular weight excluding hydrogens is 263 g/mol. The van der Waals surface area contributed by atoms with Crippen molar-refractivity contribution < 1.29 is 0 Å². The Morgan fingerprint density at radius 1 is 0.389 bits per heavy atom. The van der Waals surface area contributed by atoms with Crippen molar-refractivity contribution in [2.24, 2.45) is 21.7 Å². The highest BCUT2D eigenvalue weighted by Crippen LogP contribution is 2.75. The zero-order valence-corrected chi connectivity index (χ0v) is 15.3. The van der Waals surface area contributed by atoms with E-state index in [4.69, 9.17) is 23.2 Å². The molecule has 0 heterocycles. The van der Waals surface area contributed by atoms with E-state index >= 15 is 0 Å². The lowest BCUT2D eigenvalue weighted by Crippen LogP contribution is -2.74. The van der Waals surface area contributed by atoms with E-state index in [2.05, 4.69) is 69.2 Å². The van der Waals surface area contributed by atoms with Gasteiger partial charge in [-0.1, -0.05) is 55.4 Å². The first-order valence-electron chi connectivity index (χ1n) is 6.88. The third-order valence-corrected chi connectivity index (χ3v) is 9.71. The zero-order chi connectivity index (χ0) is 15.0. The van der Waals surface area contributed by atoms with Gasteiger partial charge in [0, 0.05) is 0 Å². The lowest BCUT2D eigenvalue weighted by Gasteiger charge is -2.74. The molecule has 0 nitrogen and oxygen atoms in total. The van der Waals surface area contributed by atoms with Gasteiger partial charge in [0.25, 0.3) is 0 Å². The van der Waals surface area contributed by atoms with Gasteiger partial charge in [-0.25, -0.2) is 0 Å². The molecule has 0 N–H and O–H groups in total. The van der Waals surface area contributed by atoms with E-state index in [1.54, 1.807) is 0 Å². The van der Waals surface area contributed by atoms with Crippen LogP contribution in [-0.4, -0.2) is 9.75 Å². The number of halogens is 2. The summed E-state index contributed by atoms with van der Waals surface area (Å²) < 4.78 is 0. The predicted octanol–water partition coefficient (Wildman–Crippen LogP) is 6.10. The largest absolute Gasteiger partial charge is 0.117 e. The molecular formula is C16H30Cl2. The molecule has 108 valence electrons. The molecule has 0 aliphatic heterocycles. The van der Waals surface area contributed by atoms with Crippen LogP contribution >= 0.6 is 23.2 Å². The summed E-state index contributed by atoms with van der Waals surface area (Å²) in [5.41, 5.74) is 0.0109. The lowest BCUT2D eigenvalue weighted by atomic mass is 9.35. The number of alkyl halides is 2. The fourth-order valence-electron chi connectivity index (χ4n) is 3.91. The molecule has 0 aromatic heterocycles. The minimum atomic E-state index is -0.468. The second-order valence-electron chi connectivity index (χ2n) is 8.51. The van der Waals surface area contributed by atoms with E-state index in [0.717, 1.165) is 0 Å². The summed E-state index contributed by atoms with van der Waals surface area (Å²) >= 11 is 14.0. The van der Waals surface area contributed by atoms with Crippen LogP contribution in [0.1, 0.15) is 69.2 Å². The Morgan fingerprint density at radius 2 is 0.556 bits per heavy atom. The van der Waals surface area contributed by atoms with Gasteiger partial charge in [0.1, 0.15) is 0 Å². The molecule has 1 rings (SSSR count). The fourth-order valence-corrected chi connectivity index (χ4v) is 4.85. The smallest absolute Gasteiger partial charge is 0.0668 e. The predicted molar refractivity (Wildman–Crippen MR) is 83.6 cm³/mol. The Balaban J connectivity index is 3.72. The van der Waals surface area contributed by atoms with Gasteiger partial charge in [-0.2, -0.15) is 0 Å². The second kappa shape index (κ2) is 3.61. The van der Waals surface area contributed by atoms with Gasteiger partial charge < -0.3 is 0 Å². The Kier molecular flexibility index (Phi) is 3.34. The van der Waals surface area contributed by atoms with Crippen LogP contribution in [-0.2, 0) is 0 Å². The summed E-state index contributed by atoms with van der Waals surface area (Å²) in [5, 5.41) is 0. The summed E-state index contributed by atoms with van der Waals surface area (Å²) in [7, 11) is 0. The summed E-state index contributed by atoms with van der Waals surface area (Å²) in [6.45, 7) is 22.6. The van der Waals surface area contributed by atoms with Crippen molar-refractivity contribution >= 4 is 23.2 Å². The zero-order valence-electron chi connectivity index (χ0n) is 13.8. The van der Waals surface area contributed by atoms with Crippen molar-refractivity contribution in [2.45, 2.75) is 79.0 Å². The molecule has 0 spiro atoms. The summed E-state index contributed by atoms with van der Waals surface area (Å²) in [6, 6.07) is 0. The normalized spacial score (nSPS) is 44.7. The van der Waals surface area contributed by atoms with Crippen LogP contribution in [0.4, 0.5) is 0 Å². The molecule has 1 aliphatic carbocycles. The second-order valence-corrected chi connectivity index (χ2v) is 10.0. The standard InChI is InChI=1S/C16H30Cl2/c1-11(2)12(3,4)14(7,8)16(10,18)15(9,17)13(11,5)6/h1-10H3/t15-,16?/m0/s1. The molecule has 18 heavy (non-hydrogen) atoms. The van der Waals surface area contributed by atoms with E-state index in [-0.39, 0.29) is 21.7 Å². The highest BCUT2D eigenvalue weighted by Gasteiger charge is 2.74. The van der Waals surface area contributed by atoms with E-state index in [9.17, 15) is 0 Å². The lowest BCUT2D eigenvalue weighted by molar-refractivity contribution is -0.182. The summed E-state index contributed by atoms with van der Waals surface area (Å²) in [6.07, 6.45) is 0. The van der Waals surface area contributed by atoms with E-state index in [1.165, 1.54) is 0 Å². The van der Waals surface area contributed by atoms with Crippen LogP contribution in [0, 0.1) is 21.7 Å². The van der Waals surface area contributed by atoms with Crippen molar-refractivity contribution in [3.63, 3.8) is 0 Å². The molecule has 0 aromatic rings. The molecule has 0 amide bonds. The van der Waals surface area contributed by atoms with Crippen LogP contribution in [0.5, 0.6) is 0 Å². The number of hydrogen-bond donors (Lipinski definition) is 0. The molecule has 0 saturated heterocycles. The quantitative estimate of drug-likeness (QED) is 0.473. The van der Waals surface area contributed by atoms with Crippen LogP contribution in [0.25, 0.3) is 0 Å². The molecule has 1 fully saturated rings. The topological polar surface area (TPSA) is 0 Å². The van der Waals surface area contributed by atoms with Gasteiger partial charge in [-0.05, 0) is 35.5 Å². The molecule has 0 aromatic carbocycles. The Labute approximate surface area is 124 Å². The number of hydrogen-bond acceptors (Lipinski definition) is 0. The fraction of sp³-hybridized carbons (Fsp3) is 1.00. The van der Waals surface area contributed by atoms with Crippen LogP contribution in [0.15, 0.2) is 0 Å². The van der Waals surface area contributed by atoms with Gasteiger partial charge in [-0.3, -0.25) is 0 Å². The van der Waals surface area contributed by atoms with Crippen molar-refractivity contribution in [3.05, 3.63) is 0 Å². The summed E-state index contributed by atoms with van der Waals surface area (Å²) in [4.78, 5) is -0.936. The Hall–Kier alpha value is 0.580. The molecule has 1 unspecified atom stereocenters. The van der Waals surface area contributed by atoms with Crippen LogP contribution in [0.3, 0.4) is 0 Å². The highest BCUT2D eigenvalue weighted by molar-refractivity contribution is 6.35. The maximum Gasteiger partial charge on any atom is 0.0668 e. The summed E-state index contributed by atoms with van der Waals surface area (Å²) in [5.74, 6) is 0. The molecule has 0 bridgehead atoms. The van der Waals surface area contributed by atoms with Gasteiger partial charge in [0.15, 0.2) is 0 Å². The van der Waals surface area contributed by atoms with Gasteiger partial charge >= 0.3 is 0 Å². The third kappa shape index (κ3) is 1.35. The SMILES string of the molecule is CC1(C)C(C)(C)C(C)(C)[C@](C)(Cl)C(C)(Cl)C1(C)C. The van der Waals surface area contributed by atoms with Gasteiger partial charge in [0.2, 0.25) is 0 Å². The monoisotopic (exact) mass is 292 g/mol. The first-order chi connectivity index (χ1) is 7.50. The van der Waals surface area contributed by atoms with E-state index < -0.39 is 9.75 Å². The third-order valence-electron chi connectivity index (χ3n) is 7.92. The maximum absolute atomic E-state index is 7.02. The first kappa shape index (κ1) is 16.6. The minimum Gasteiger partial charge on any atom is -0.117 e. The van der Waals surface area contributed by atoms with Crippen molar-refractivity contribution in [1.29, 1.82) is 0 Å². The maximum atomic E-state index is 7.02. The van der Waals surface area contributed by atoms with Crippen molar-refractivity contribution in [2.75, 3.05) is 0 Å². The van der Waals surface area contributed by atoms with Gasteiger partial charge in [0.05, 0.1) is 9.75 Å².